The lowest BCUT2D eigenvalue weighted by Gasteiger charge is -2.24. The minimum absolute atomic E-state index is 0.312. The fourth-order valence-corrected chi connectivity index (χ4v) is 2.74. The van der Waals surface area contributed by atoms with Crippen LogP contribution in [0.25, 0.3) is 0 Å². The average molecular weight is 269 g/mol. The lowest BCUT2D eigenvalue weighted by molar-refractivity contribution is -0.130. The molecule has 19 heavy (non-hydrogen) atoms. The van der Waals surface area contributed by atoms with Gasteiger partial charge in [-0.15, -0.1) is 0 Å². The molecule has 0 saturated carbocycles. The Labute approximate surface area is 116 Å². The number of carbonyl (C=O) groups is 1. The lowest BCUT2D eigenvalue weighted by atomic mass is 10.1. The molecule has 0 aromatic heterocycles. The normalized spacial score (nSPS) is 26.2. The van der Waals surface area contributed by atoms with Crippen LogP contribution in [0.2, 0.25) is 0 Å². The minimum Gasteiger partial charge on any atom is -0.381 e. The van der Waals surface area contributed by atoms with Gasteiger partial charge in [-0.3, -0.25) is 4.79 Å². The number of hydrogen-bond donors (Lipinski definition) is 0. The number of ether oxygens (including phenoxy) is 1. The molecular formula is C14H27N3O2. The Morgan fingerprint density at radius 2 is 2.16 bits per heavy atom. The van der Waals surface area contributed by atoms with E-state index in [0.29, 0.717) is 18.2 Å². The van der Waals surface area contributed by atoms with Gasteiger partial charge >= 0.3 is 0 Å². The van der Waals surface area contributed by atoms with Crippen LogP contribution in [0.1, 0.15) is 12.8 Å². The number of rotatable bonds is 5. The third-order valence-corrected chi connectivity index (χ3v) is 4.04. The Balaban J connectivity index is 1.77. The molecule has 110 valence electrons. The van der Waals surface area contributed by atoms with Crippen LogP contribution in [0.4, 0.5) is 0 Å². The zero-order chi connectivity index (χ0) is 13.7. The van der Waals surface area contributed by atoms with Gasteiger partial charge in [0.15, 0.2) is 0 Å². The summed E-state index contributed by atoms with van der Waals surface area (Å²) in [5.74, 6) is 0.982. The third-order valence-electron chi connectivity index (χ3n) is 4.04. The first kappa shape index (κ1) is 14.8. The highest BCUT2D eigenvalue weighted by Gasteiger charge is 2.24. The smallest absolute Gasteiger partial charge is 0.223 e. The standard InChI is InChI=1S/C14H27N3O2/c1-15(2)6-8-17-9-7-16(5-3-14(17)18)11-13-4-10-19-12-13/h13H,3-12H2,1-2H3. The maximum atomic E-state index is 12.1. The summed E-state index contributed by atoms with van der Waals surface area (Å²) in [6.45, 7) is 7.49. The molecule has 0 radical (unpaired) electrons. The molecule has 0 aromatic carbocycles. The molecule has 5 heteroatoms. The second-order valence-electron chi connectivity index (χ2n) is 5.96. The summed E-state index contributed by atoms with van der Waals surface area (Å²) in [4.78, 5) is 18.7. The first-order valence-electron chi connectivity index (χ1n) is 7.38. The third kappa shape index (κ3) is 4.75. The van der Waals surface area contributed by atoms with Crippen LogP contribution < -0.4 is 0 Å². The molecule has 2 saturated heterocycles. The van der Waals surface area contributed by atoms with Crippen molar-refractivity contribution in [2.75, 3.05) is 66.6 Å². The van der Waals surface area contributed by atoms with Crippen LogP contribution in [0.3, 0.4) is 0 Å². The van der Waals surface area contributed by atoms with E-state index in [4.69, 9.17) is 4.74 Å². The van der Waals surface area contributed by atoms with E-state index >= 15 is 0 Å². The zero-order valence-corrected chi connectivity index (χ0v) is 12.3. The van der Waals surface area contributed by atoms with Gasteiger partial charge in [0, 0.05) is 52.3 Å². The van der Waals surface area contributed by atoms with Crippen molar-refractivity contribution in [1.29, 1.82) is 0 Å². The van der Waals surface area contributed by atoms with Crippen molar-refractivity contribution >= 4 is 5.91 Å². The fraction of sp³-hybridized carbons (Fsp3) is 0.929. The monoisotopic (exact) mass is 269 g/mol. The molecule has 0 bridgehead atoms. The summed E-state index contributed by atoms with van der Waals surface area (Å²) >= 11 is 0. The van der Waals surface area contributed by atoms with Crippen LogP contribution in [-0.4, -0.2) is 87.2 Å². The van der Waals surface area contributed by atoms with E-state index in [-0.39, 0.29) is 0 Å². The SMILES string of the molecule is CN(C)CCN1CCN(CC2CCOC2)CCC1=O. The molecule has 2 aliphatic rings. The lowest BCUT2D eigenvalue weighted by Crippen LogP contribution is -2.38. The Kier molecular flexibility index (Phi) is 5.60. The molecule has 0 aliphatic carbocycles. The van der Waals surface area contributed by atoms with Crippen LogP contribution in [0.5, 0.6) is 0 Å². The van der Waals surface area contributed by atoms with E-state index in [1.807, 2.05) is 4.90 Å². The van der Waals surface area contributed by atoms with Gasteiger partial charge in [-0.05, 0) is 26.4 Å². The summed E-state index contributed by atoms with van der Waals surface area (Å²) in [5.41, 5.74) is 0. The number of nitrogens with zero attached hydrogens (tertiary/aromatic N) is 3. The van der Waals surface area contributed by atoms with E-state index in [1.165, 1.54) is 6.42 Å². The Hall–Kier alpha value is -0.650. The summed E-state index contributed by atoms with van der Waals surface area (Å²) < 4.78 is 5.43. The maximum Gasteiger partial charge on any atom is 0.223 e. The van der Waals surface area contributed by atoms with Gasteiger partial charge in [-0.1, -0.05) is 0 Å². The van der Waals surface area contributed by atoms with Crippen molar-refractivity contribution in [3.05, 3.63) is 0 Å². The van der Waals surface area contributed by atoms with E-state index < -0.39 is 0 Å². The predicted molar refractivity (Wildman–Crippen MR) is 75.1 cm³/mol. The van der Waals surface area contributed by atoms with Gasteiger partial charge in [0.2, 0.25) is 5.91 Å². The van der Waals surface area contributed by atoms with Gasteiger partial charge < -0.3 is 19.4 Å². The summed E-state index contributed by atoms with van der Waals surface area (Å²) in [6, 6.07) is 0. The van der Waals surface area contributed by atoms with Gasteiger partial charge in [-0.25, -0.2) is 0 Å². The van der Waals surface area contributed by atoms with E-state index in [2.05, 4.69) is 23.9 Å². The van der Waals surface area contributed by atoms with Crippen LogP contribution >= 0.6 is 0 Å². The molecule has 2 fully saturated rings. The number of amides is 1. The molecule has 1 amide bonds. The molecule has 1 unspecified atom stereocenters. The number of likely N-dealkylation sites (N-methyl/N-ethyl adjacent to an activating group) is 1. The topological polar surface area (TPSA) is 36.0 Å². The number of hydrogen-bond acceptors (Lipinski definition) is 4. The van der Waals surface area contributed by atoms with Crippen molar-refractivity contribution in [2.24, 2.45) is 5.92 Å². The molecule has 1 atom stereocenters. The summed E-state index contributed by atoms with van der Waals surface area (Å²) in [5, 5.41) is 0. The highest BCUT2D eigenvalue weighted by molar-refractivity contribution is 5.76. The quantitative estimate of drug-likeness (QED) is 0.710. The fourth-order valence-electron chi connectivity index (χ4n) is 2.74. The van der Waals surface area contributed by atoms with Crippen molar-refractivity contribution in [1.82, 2.24) is 14.7 Å². The average Bonchev–Trinajstić information content (AvgIpc) is 2.81. The van der Waals surface area contributed by atoms with Gasteiger partial charge in [0.1, 0.15) is 0 Å². The first-order chi connectivity index (χ1) is 9.15. The molecule has 2 heterocycles. The Bertz CT molecular complexity index is 290. The van der Waals surface area contributed by atoms with Crippen molar-refractivity contribution in [2.45, 2.75) is 12.8 Å². The summed E-state index contributed by atoms with van der Waals surface area (Å²) in [6.07, 6.45) is 1.84. The predicted octanol–water partition coefficient (Wildman–Crippen LogP) is 0.119. The maximum absolute atomic E-state index is 12.1. The van der Waals surface area contributed by atoms with Crippen molar-refractivity contribution < 1.29 is 9.53 Å². The van der Waals surface area contributed by atoms with Crippen LogP contribution in [0.15, 0.2) is 0 Å². The molecule has 5 nitrogen and oxygen atoms in total. The second-order valence-corrected chi connectivity index (χ2v) is 5.96. The number of carbonyl (C=O) groups excluding carboxylic acids is 1. The highest BCUT2D eigenvalue weighted by atomic mass is 16.5. The molecule has 0 spiro atoms. The zero-order valence-electron chi connectivity index (χ0n) is 12.3. The highest BCUT2D eigenvalue weighted by Crippen LogP contribution is 2.15. The van der Waals surface area contributed by atoms with Crippen LogP contribution in [0, 0.1) is 5.92 Å². The van der Waals surface area contributed by atoms with E-state index in [0.717, 1.165) is 52.5 Å². The van der Waals surface area contributed by atoms with Gasteiger partial charge in [0.25, 0.3) is 0 Å². The minimum atomic E-state index is 0.312. The first-order valence-corrected chi connectivity index (χ1v) is 7.38. The molecule has 0 aromatic rings. The van der Waals surface area contributed by atoms with Gasteiger partial charge in [0.05, 0.1) is 6.61 Å². The van der Waals surface area contributed by atoms with Crippen LogP contribution in [-0.2, 0) is 9.53 Å². The molecule has 2 rings (SSSR count). The molecule has 2 aliphatic heterocycles. The second kappa shape index (κ2) is 7.22. The van der Waals surface area contributed by atoms with E-state index in [9.17, 15) is 4.79 Å². The Morgan fingerprint density at radius 3 is 2.84 bits per heavy atom. The summed E-state index contributed by atoms with van der Waals surface area (Å²) in [7, 11) is 4.10. The Morgan fingerprint density at radius 1 is 1.32 bits per heavy atom. The molecule has 0 N–H and O–H groups in total. The molecular weight excluding hydrogens is 242 g/mol. The largest absolute Gasteiger partial charge is 0.381 e. The van der Waals surface area contributed by atoms with Gasteiger partial charge in [-0.2, -0.15) is 0 Å². The van der Waals surface area contributed by atoms with E-state index in [1.54, 1.807) is 0 Å². The van der Waals surface area contributed by atoms with Crippen molar-refractivity contribution in [3.63, 3.8) is 0 Å². The van der Waals surface area contributed by atoms with Crippen molar-refractivity contribution in [3.8, 4) is 0 Å².